The fourth-order valence-electron chi connectivity index (χ4n) is 5.45. The number of pyridine rings is 1. The minimum absolute atomic E-state index is 0.107. The number of carbonyl (C=O) groups excluding carboxylic acids is 1. The first-order valence-corrected chi connectivity index (χ1v) is 17.1. The molecule has 1 aliphatic heterocycles. The van der Waals surface area contributed by atoms with Crippen LogP contribution in [0.2, 0.25) is 0 Å². The third kappa shape index (κ3) is 9.71. The van der Waals surface area contributed by atoms with Crippen molar-refractivity contribution in [3.8, 4) is 5.75 Å². The molecular weight excluding hydrogens is 611 g/mol. The van der Waals surface area contributed by atoms with Gasteiger partial charge in [0.15, 0.2) is 0 Å². The number of rotatable bonds is 9. The van der Waals surface area contributed by atoms with Crippen LogP contribution in [0.25, 0.3) is 0 Å². The summed E-state index contributed by atoms with van der Waals surface area (Å²) in [6.07, 6.45) is 5.56. The number of aliphatic hydroxyl groups is 1. The van der Waals surface area contributed by atoms with E-state index in [1.54, 1.807) is 30.3 Å². The largest absolute Gasteiger partial charge is 0.490 e. The molecule has 3 aromatic rings. The van der Waals surface area contributed by atoms with Crippen molar-refractivity contribution in [1.29, 1.82) is 0 Å². The first kappa shape index (κ1) is 35.3. The number of carbonyl (C=O) groups is 1. The standard InChI is InChI=1S/C34H45FN4O6S/c1-24-20-39(25(2)23-40)34(41)31-19-29(37-46(42,43)30-11-8-28(35)9-12-30)10-13-32(31)45-26(3)7-5-6-18-44-33(24)22-38(4)21-27-14-16-36-17-15-27/h8-17,19,24-26,33,37,40H,5-7,18,20-23H2,1-4H3/t24-,25-,26-,33+/m0/s1. The molecule has 2 heterocycles. The molecule has 2 N–H and O–H groups in total. The number of aromatic nitrogens is 1. The van der Waals surface area contributed by atoms with E-state index in [0.29, 0.717) is 25.4 Å². The highest BCUT2D eigenvalue weighted by Gasteiger charge is 2.30. The summed E-state index contributed by atoms with van der Waals surface area (Å²) in [6, 6.07) is 12.5. The number of nitrogens with zero attached hydrogens (tertiary/aromatic N) is 3. The zero-order valence-electron chi connectivity index (χ0n) is 26.9. The van der Waals surface area contributed by atoms with E-state index in [1.807, 2.05) is 33.0 Å². The molecular formula is C34H45FN4O6S. The second kappa shape index (κ2) is 16.3. The average molecular weight is 657 g/mol. The van der Waals surface area contributed by atoms with E-state index in [1.165, 1.54) is 24.3 Å². The summed E-state index contributed by atoms with van der Waals surface area (Å²) in [6.45, 7) is 7.66. The molecule has 1 amide bonds. The van der Waals surface area contributed by atoms with Gasteiger partial charge in [0, 0.05) is 50.2 Å². The molecule has 0 fully saturated rings. The Morgan fingerprint density at radius 3 is 2.52 bits per heavy atom. The molecule has 0 saturated carbocycles. The van der Waals surface area contributed by atoms with E-state index >= 15 is 0 Å². The summed E-state index contributed by atoms with van der Waals surface area (Å²) in [5.74, 6) is -0.738. The summed E-state index contributed by atoms with van der Waals surface area (Å²) >= 11 is 0. The molecule has 1 aliphatic rings. The highest BCUT2D eigenvalue weighted by Crippen LogP contribution is 2.29. The first-order valence-electron chi connectivity index (χ1n) is 15.7. The monoisotopic (exact) mass is 656 g/mol. The predicted molar refractivity (Wildman–Crippen MR) is 175 cm³/mol. The number of sulfonamides is 1. The van der Waals surface area contributed by atoms with E-state index in [9.17, 15) is 22.7 Å². The zero-order valence-corrected chi connectivity index (χ0v) is 27.7. The zero-order chi connectivity index (χ0) is 33.3. The van der Waals surface area contributed by atoms with Gasteiger partial charge in [-0.2, -0.15) is 0 Å². The summed E-state index contributed by atoms with van der Waals surface area (Å²) in [4.78, 5) is 22.1. The lowest BCUT2D eigenvalue weighted by Crippen LogP contribution is -2.47. The second-order valence-corrected chi connectivity index (χ2v) is 13.8. The van der Waals surface area contributed by atoms with Crippen LogP contribution in [0.5, 0.6) is 5.75 Å². The van der Waals surface area contributed by atoms with Gasteiger partial charge in [-0.1, -0.05) is 6.92 Å². The molecule has 4 atom stereocenters. The van der Waals surface area contributed by atoms with Crippen LogP contribution < -0.4 is 9.46 Å². The molecule has 2 aromatic carbocycles. The maximum atomic E-state index is 14.3. The number of halogens is 1. The van der Waals surface area contributed by atoms with Gasteiger partial charge in [-0.25, -0.2) is 12.8 Å². The maximum Gasteiger partial charge on any atom is 0.261 e. The summed E-state index contributed by atoms with van der Waals surface area (Å²) in [5.41, 5.74) is 1.45. The van der Waals surface area contributed by atoms with Crippen molar-refractivity contribution in [3.05, 3.63) is 83.9 Å². The second-order valence-electron chi connectivity index (χ2n) is 12.1. The maximum absolute atomic E-state index is 14.3. The van der Waals surface area contributed by atoms with Crippen LogP contribution in [-0.2, 0) is 21.3 Å². The van der Waals surface area contributed by atoms with Crippen LogP contribution in [0.15, 0.2) is 71.9 Å². The summed E-state index contributed by atoms with van der Waals surface area (Å²) in [7, 11) is -2.03. The van der Waals surface area contributed by atoms with Crippen molar-refractivity contribution in [3.63, 3.8) is 0 Å². The Morgan fingerprint density at radius 2 is 1.83 bits per heavy atom. The number of likely N-dealkylation sites (N-methyl/N-ethyl adjacent to an activating group) is 1. The number of hydrogen-bond acceptors (Lipinski definition) is 8. The van der Waals surface area contributed by atoms with Gasteiger partial charge in [0.1, 0.15) is 11.6 Å². The summed E-state index contributed by atoms with van der Waals surface area (Å²) in [5, 5.41) is 10.2. The Labute approximate surface area is 271 Å². The van der Waals surface area contributed by atoms with Gasteiger partial charge in [0.05, 0.1) is 35.3 Å². The fourth-order valence-corrected chi connectivity index (χ4v) is 6.50. The van der Waals surface area contributed by atoms with Crippen LogP contribution in [0.4, 0.5) is 10.1 Å². The first-order chi connectivity index (χ1) is 22.0. The smallest absolute Gasteiger partial charge is 0.261 e. The van der Waals surface area contributed by atoms with Crippen molar-refractivity contribution in [2.24, 2.45) is 5.92 Å². The lowest BCUT2D eigenvalue weighted by molar-refractivity contribution is -0.0177. The number of anilines is 1. The van der Waals surface area contributed by atoms with Gasteiger partial charge in [0.2, 0.25) is 0 Å². The van der Waals surface area contributed by atoms with Gasteiger partial charge in [-0.3, -0.25) is 19.4 Å². The van der Waals surface area contributed by atoms with Crippen LogP contribution >= 0.6 is 0 Å². The fraction of sp³-hybridized carbons (Fsp3) is 0.471. The van der Waals surface area contributed by atoms with Gasteiger partial charge in [-0.15, -0.1) is 0 Å². The molecule has 250 valence electrons. The van der Waals surface area contributed by atoms with E-state index in [2.05, 4.69) is 14.6 Å². The molecule has 1 aromatic heterocycles. The quantitative estimate of drug-likeness (QED) is 0.332. The number of ether oxygens (including phenoxy) is 2. The molecule has 0 aliphatic carbocycles. The topological polar surface area (TPSA) is 121 Å². The number of nitrogens with one attached hydrogen (secondary N) is 1. The normalized spacial score (nSPS) is 20.8. The molecule has 0 saturated heterocycles. The molecule has 0 radical (unpaired) electrons. The Morgan fingerprint density at radius 1 is 1.11 bits per heavy atom. The van der Waals surface area contributed by atoms with Crippen molar-refractivity contribution >= 4 is 21.6 Å². The van der Waals surface area contributed by atoms with Gasteiger partial charge >= 0.3 is 0 Å². The Hall–Kier alpha value is -3.58. The highest BCUT2D eigenvalue weighted by atomic mass is 32.2. The minimum Gasteiger partial charge on any atom is -0.490 e. The molecule has 0 bridgehead atoms. The van der Waals surface area contributed by atoms with Gasteiger partial charge in [0.25, 0.3) is 15.9 Å². The molecule has 12 heteroatoms. The number of fused-ring (bicyclic) bond motifs is 1. The highest BCUT2D eigenvalue weighted by molar-refractivity contribution is 7.92. The number of hydrogen-bond donors (Lipinski definition) is 2. The predicted octanol–water partition coefficient (Wildman–Crippen LogP) is 4.95. The summed E-state index contributed by atoms with van der Waals surface area (Å²) < 4.78 is 54.8. The molecule has 46 heavy (non-hydrogen) atoms. The lowest BCUT2D eigenvalue weighted by Gasteiger charge is -2.36. The number of amides is 1. The van der Waals surface area contributed by atoms with Gasteiger partial charge in [-0.05, 0) is 100 Å². The van der Waals surface area contributed by atoms with Crippen LogP contribution in [-0.4, -0.2) is 85.8 Å². The Kier molecular flexibility index (Phi) is 12.5. The lowest BCUT2D eigenvalue weighted by atomic mass is 10.0. The Balaban J connectivity index is 1.64. The molecule has 0 spiro atoms. The minimum atomic E-state index is -4.07. The van der Waals surface area contributed by atoms with Crippen LogP contribution in [0, 0.1) is 11.7 Å². The van der Waals surface area contributed by atoms with Crippen molar-refractivity contribution in [2.45, 2.75) is 69.7 Å². The van der Waals surface area contributed by atoms with Gasteiger partial charge < -0.3 is 19.5 Å². The van der Waals surface area contributed by atoms with Crippen LogP contribution in [0.1, 0.15) is 56.0 Å². The third-order valence-corrected chi connectivity index (χ3v) is 9.52. The van der Waals surface area contributed by atoms with E-state index < -0.39 is 27.8 Å². The molecule has 0 unspecified atom stereocenters. The molecule has 10 nitrogen and oxygen atoms in total. The van der Waals surface area contributed by atoms with Crippen molar-refractivity contribution in [1.82, 2.24) is 14.8 Å². The van der Waals surface area contributed by atoms with Crippen LogP contribution in [0.3, 0.4) is 0 Å². The van der Waals surface area contributed by atoms with E-state index in [-0.39, 0.29) is 47.4 Å². The number of benzene rings is 2. The van der Waals surface area contributed by atoms with E-state index in [0.717, 1.165) is 37.0 Å². The van der Waals surface area contributed by atoms with E-state index in [4.69, 9.17) is 9.47 Å². The molecule has 4 rings (SSSR count). The number of aliphatic hydroxyl groups excluding tert-OH is 1. The SMILES string of the molecule is C[C@H]1CCCCO[C@H](CN(C)Cc2ccncc2)[C@@H](C)CN([C@@H](C)CO)C(=O)c2cc(NS(=O)(=O)c3ccc(F)cc3)ccc2O1. The van der Waals surface area contributed by atoms with Crippen molar-refractivity contribution in [2.75, 3.05) is 38.1 Å². The Bertz CT molecular complexity index is 1530. The third-order valence-electron chi connectivity index (χ3n) is 8.12. The van der Waals surface area contributed by atoms with Crippen molar-refractivity contribution < 1.29 is 32.2 Å². The average Bonchev–Trinajstić information content (AvgIpc) is 3.03.